The maximum atomic E-state index is 12.3. The van der Waals surface area contributed by atoms with Gasteiger partial charge in [0.25, 0.3) is 5.91 Å². The van der Waals surface area contributed by atoms with Gasteiger partial charge in [0.15, 0.2) is 11.7 Å². The highest BCUT2D eigenvalue weighted by Gasteiger charge is 2.34. The number of allylic oxidation sites excluding steroid dienone is 1. The third-order valence-corrected chi connectivity index (χ3v) is 4.84. The molecular formula is C23H20ClN3O4. The average Bonchev–Trinajstić information content (AvgIpc) is 3.10. The van der Waals surface area contributed by atoms with Crippen molar-refractivity contribution in [2.75, 3.05) is 13.2 Å². The molecule has 31 heavy (non-hydrogen) atoms. The van der Waals surface area contributed by atoms with Crippen LogP contribution in [0, 0.1) is 12.3 Å². The van der Waals surface area contributed by atoms with Gasteiger partial charge in [-0.05, 0) is 55.3 Å². The van der Waals surface area contributed by atoms with Crippen molar-refractivity contribution in [3.8, 4) is 11.5 Å². The summed E-state index contributed by atoms with van der Waals surface area (Å²) in [5.74, 6) is 1.58. The highest BCUT2D eigenvalue weighted by molar-refractivity contribution is 6.33. The number of amides is 1. The summed E-state index contributed by atoms with van der Waals surface area (Å²) in [6, 6.07) is 12.9. The molecule has 0 radical (unpaired) electrons. The zero-order chi connectivity index (χ0) is 22.0. The molecule has 1 amide bonds. The second-order valence-corrected chi connectivity index (χ2v) is 7.43. The molecule has 4 rings (SSSR count). The summed E-state index contributed by atoms with van der Waals surface area (Å²) in [6.45, 7) is 4.43. The van der Waals surface area contributed by atoms with E-state index in [0.29, 0.717) is 41.1 Å². The van der Waals surface area contributed by atoms with Crippen LogP contribution in [0.25, 0.3) is 6.08 Å². The van der Waals surface area contributed by atoms with Crippen LogP contribution in [0.5, 0.6) is 11.5 Å². The molecule has 2 aromatic carbocycles. The number of halogens is 1. The fourth-order valence-electron chi connectivity index (χ4n) is 3.11. The van der Waals surface area contributed by atoms with Gasteiger partial charge in [0.1, 0.15) is 30.5 Å². The summed E-state index contributed by atoms with van der Waals surface area (Å²) in [5.41, 5.74) is 1.88. The van der Waals surface area contributed by atoms with Crippen molar-refractivity contribution in [2.45, 2.75) is 13.8 Å². The zero-order valence-electron chi connectivity index (χ0n) is 17.0. The van der Waals surface area contributed by atoms with E-state index in [9.17, 15) is 4.79 Å². The molecule has 0 aromatic heterocycles. The number of hydrogen-bond acceptors (Lipinski definition) is 5. The number of benzene rings is 2. The zero-order valence-corrected chi connectivity index (χ0v) is 17.8. The predicted octanol–water partition coefficient (Wildman–Crippen LogP) is 4.56. The Bertz CT molecular complexity index is 1150. The minimum atomic E-state index is -0.504. The van der Waals surface area contributed by atoms with Gasteiger partial charge in [0.2, 0.25) is 0 Å². The number of nitrogens with one attached hydrogen (secondary N) is 1. The SMILES string of the molecule is CC1=CC2=NC(=O)/C(=C/c3ccc(OCCOc4cccc(C)c4)c(Cl)c3)C(=N)N2O1. The Balaban J connectivity index is 1.40. The van der Waals surface area contributed by atoms with Gasteiger partial charge in [-0.15, -0.1) is 5.06 Å². The van der Waals surface area contributed by atoms with E-state index in [2.05, 4.69) is 4.99 Å². The first-order valence-electron chi connectivity index (χ1n) is 9.62. The Morgan fingerprint density at radius 3 is 2.74 bits per heavy atom. The van der Waals surface area contributed by atoms with Crippen LogP contribution < -0.4 is 9.47 Å². The molecule has 0 spiro atoms. The second kappa shape index (κ2) is 8.65. The van der Waals surface area contributed by atoms with Crippen LogP contribution in [0.3, 0.4) is 0 Å². The molecule has 2 heterocycles. The summed E-state index contributed by atoms with van der Waals surface area (Å²) >= 11 is 6.34. The Morgan fingerprint density at radius 2 is 1.97 bits per heavy atom. The number of carbonyl (C=O) groups excluding carboxylic acids is 1. The Morgan fingerprint density at radius 1 is 1.16 bits per heavy atom. The van der Waals surface area contributed by atoms with Crippen LogP contribution in [0.15, 0.2) is 64.9 Å². The molecule has 0 bridgehead atoms. The molecule has 158 valence electrons. The number of fused-ring (bicyclic) bond motifs is 1. The van der Waals surface area contributed by atoms with E-state index in [1.165, 1.54) is 5.06 Å². The molecular weight excluding hydrogens is 418 g/mol. The minimum Gasteiger partial charge on any atom is -0.490 e. The third-order valence-electron chi connectivity index (χ3n) is 4.55. The molecule has 0 saturated heterocycles. The third kappa shape index (κ3) is 4.62. The molecule has 1 N–H and O–H groups in total. The number of rotatable bonds is 6. The van der Waals surface area contributed by atoms with Crippen molar-refractivity contribution in [2.24, 2.45) is 4.99 Å². The van der Waals surface area contributed by atoms with Gasteiger partial charge in [0.05, 0.1) is 10.6 Å². The first-order valence-corrected chi connectivity index (χ1v) is 10.0. The van der Waals surface area contributed by atoms with E-state index in [4.69, 9.17) is 31.3 Å². The van der Waals surface area contributed by atoms with Gasteiger partial charge in [-0.25, -0.2) is 0 Å². The van der Waals surface area contributed by atoms with Crippen molar-refractivity contribution in [3.63, 3.8) is 0 Å². The number of nitrogens with zero attached hydrogens (tertiary/aromatic N) is 2. The quantitative estimate of drug-likeness (QED) is 0.529. The van der Waals surface area contributed by atoms with E-state index in [0.717, 1.165) is 11.3 Å². The molecule has 0 fully saturated rings. The van der Waals surface area contributed by atoms with Gasteiger partial charge in [-0.1, -0.05) is 29.8 Å². The maximum Gasteiger partial charge on any atom is 0.282 e. The lowest BCUT2D eigenvalue weighted by atomic mass is 10.1. The van der Waals surface area contributed by atoms with Crippen molar-refractivity contribution in [1.29, 1.82) is 5.41 Å². The van der Waals surface area contributed by atoms with E-state index in [1.807, 2.05) is 31.2 Å². The highest BCUT2D eigenvalue weighted by Crippen LogP contribution is 2.28. The van der Waals surface area contributed by atoms with E-state index in [1.54, 1.807) is 37.3 Å². The van der Waals surface area contributed by atoms with E-state index in [-0.39, 0.29) is 11.4 Å². The predicted molar refractivity (Wildman–Crippen MR) is 118 cm³/mol. The van der Waals surface area contributed by atoms with Crippen molar-refractivity contribution < 1.29 is 19.1 Å². The minimum absolute atomic E-state index is 0.0761. The lowest BCUT2D eigenvalue weighted by molar-refractivity contribution is -0.114. The Labute approximate surface area is 184 Å². The molecule has 2 aromatic rings. The first kappa shape index (κ1) is 20.7. The first-order chi connectivity index (χ1) is 14.9. The Kier molecular flexibility index (Phi) is 5.77. The summed E-state index contributed by atoms with van der Waals surface area (Å²) < 4.78 is 11.4. The molecule has 7 nitrogen and oxygen atoms in total. The number of hydroxylamine groups is 2. The largest absolute Gasteiger partial charge is 0.490 e. The van der Waals surface area contributed by atoms with Crippen molar-refractivity contribution in [1.82, 2.24) is 5.06 Å². The fourth-order valence-corrected chi connectivity index (χ4v) is 3.35. The fraction of sp³-hybridized carbons (Fsp3) is 0.174. The summed E-state index contributed by atoms with van der Waals surface area (Å²) in [5, 5.41) is 9.87. The summed E-state index contributed by atoms with van der Waals surface area (Å²) in [7, 11) is 0. The average molecular weight is 438 g/mol. The normalized spacial score (nSPS) is 16.6. The monoisotopic (exact) mass is 437 g/mol. The van der Waals surface area contributed by atoms with E-state index >= 15 is 0 Å². The van der Waals surface area contributed by atoms with Gasteiger partial charge >= 0.3 is 0 Å². The number of aliphatic imine (C=N–C) groups is 1. The lowest BCUT2D eigenvalue weighted by Crippen LogP contribution is -2.38. The van der Waals surface area contributed by atoms with Gasteiger partial charge in [0, 0.05) is 6.08 Å². The smallest absolute Gasteiger partial charge is 0.282 e. The van der Waals surface area contributed by atoms with Crippen LogP contribution in [0.2, 0.25) is 5.02 Å². The number of carbonyl (C=O) groups is 1. The molecule has 0 atom stereocenters. The number of amidine groups is 2. The number of hydrogen-bond donors (Lipinski definition) is 1. The van der Waals surface area contributed by atoms with Crippen LogP contribution >= 0.6 is 11.6 Å². The topological polar surface area (TPSA) is 84.2 Å². The second-order valence-electron chi connectivity index (χ2n) is 7.03. The summed E-state index contributed by atoms with van der Waals surface area (Å²) in [4.78, 5) is 21.7. The summed E-state index contributed by atoms with van der Waals surface area (Å²) in [6.07, 6.45) is 3.16. The van der Waals surface area contributed by atoms with Crippen molar-refractivity contribution in [3.05, 3.63) is 76.0 Å². The number of ether oxygens (including phenoxy) is 2. The maximum absolute atomic E-state index is 12.3. The Hall–Kier alpha value is -3.58. The van der Waals surface area contributed by atoms with Gasteiger partial charge in [-0.3, -0.25) is 10.2 Å². The molecule has 0 saturated carbocycles. The van der Waals surface area contributed by atoms with E-state index < -0.39 is 5.91 Å². The lowest BCUT2D eigenvalue weighted by Gasteiger charge is -2.23. The molecule has 0 aliphatic carbocycles. The van der Waals surface area contributed by atoms with Gasteiger partial charge in [-0.2, -0.15) is 4.99 Å². The standard InChI is InChI=1S/C23H20ClN3O4/c1-14-4-3-5-17(10-14)29-8-9-30-20-7-6-16(13-19(20)24)12-18-22(25)27-21(26-23(18)28)11-15(2)31-27/h3-7,10-13,25H,8-9H2,1-2H3/b18-12+,25-22?. The van der Waals surface area contributed by atoms with Crippen LogP contribution in [0.1, 0.15) is 18.1 Å². The van der Waals surface area contributed by atoms with Crippen LogP contribution in [0.4, 0.5) is 0 Å². The molecule has 0 unspecified atom stereocenters. The van der Waals surface area contributed by atoms with Crippen molar-refractivity contribution >= 4 is 35.3 Å². The van der Waals surface area contributed by atoms with Crippen LogP contribution in [-0.2, 0) is 9.63 Å². The van der Waals surface area contributed by atoms with Gasteiger partial charge < -0.3 is 14.3 Å². The van der Waals surface area contributed by atoms with Crippen LogP contribution in [-0.4, -0.2) is 35.9 Å². The molecule has 2 aliphatic rings. The molecule has 2 aliphatic heterocycles. The molecule has 8 heteroatoms. The number of aryl methyl sites for hydroxylation is 1. The highest BCUT2D eigenvalue weighted by atomic mass is 35.5.